The monoisotopic (exact) mass is 462 g/mol. The van der Waals surface area contributed by atoms with Crippen molar-refractivity contribution >= 4 is 73.4 Å². The van der Waals surface area contributed by atoms with E-state index >= 15 is 0 Å². The molecule has 0 aliphatic rings. The van der Waals surface area contributed by atoms with Crippen LogP contribution in [0.3, 0.4) is 0 Å². The van der Waals surface area contributed by atoms with Crippen molar-refractivity contribution in [2.24, 2.45) is 17.8 Å². The molecule has 29 heavy (non-hydrogen) atoms. The zero-order valence-electron chi connectivity index (χ0n) is 17.7. The van der Waals surface area contributed by atoms with Crippen LogP contribution in [-0.4, -0.2) is 91.3 Å². The van der Waals surface area contributed by atoms with E-state index in [9.17, 15) is 32.8 Å². The molecule has 9 heteroatoms. The summed E-state index contributed by atoms with van der Waals surface area (Å²) in [5, 5.41) is 19.7. The molecule has 0 fully saturated rings. The molecule has 3 N–H and O–H groups in total. The quantitative estimate of drug-likeness (QED) is 0.234. The predicted octanol–water partition coefficient (Wildman–Crippen LogP) is 3.96. The van der Waals surface area contributed by atoms with Crippen LogP contribution in [0.2, 0.25) is 0 Å². The average Bonchev–Trinajstić information content (AvgIpc) is 2.61. The molecule has 4 unspecified atom stereocenters. The van der Waals surface area contributed by atoms with Crippen molar-refractivity contribution in [2.75, 3.05) is 0 Å². The Morgan fingerprint density at radius 3 is 1.66 bits per heavy atom. The van der Waals surface area contributed by atoms with E-state index in [-0.39, 0.29) is 69.6 Å². The molecule has 0 saturated heterocycles. The second-order valence-corrected chi connectivity index (χ2v) is 9.51. The van der Waals surface area contributed by atoms with Crippen LogP contribution in [0.1, 0.15) is 91.9 Å². The second kappa shape index (κ2) is 15.3. The third-order valence-corrected chi connectivity index (χ3v) is 7.48. The van der Waals surface area contributed by atoms with Gasteiger partial charge in [-0.15, -0.1) is 0 Å². The Labute approximate surface area is 218 Å². The fraction of sp³-hybridized carbons (Fsp3) is 0.900. The minimum atomic E-state index is -5.15. The second-order valence-electron chi connectivity index (χ2n) is 7.83. The molecule has 0 heterocycles. The Kier molecular flexibility index (Phi) is 16.7. The molecule has 0 aromatic heterocycles. The number of aliphatic carboxylic acids is 2. The molecule has 0 saturated carbocycles. The molecule has 0 aromatic carbocycles. The summed E-state index contributed by atoms with van der Waals surface area (Å²) in [6, 6.07) is 0. The number of hydrogen-bond donors (Lipinski definition) is 3. The third kappa shape index (κ3) is 9.25. The standard InChI is InChI=1S/C20H38O7S.K.H/c1-5-9-11-15(7-3)13-17(18(21)22)20(19(23)24,28(25,26)27)14-16(8-4)12-10-6-2;;/h15-17H,5-14H2,1-4H3,(H,21,22)(H,23,24)(H,25,26,27);;. The Hall–Kier alpha value is 0.486. The summed E-state index contributed by atoms with van der Waals surface area (Å²) in [5.41, 5.74) is 0. The first-order chi connectivity index (χ1) is 13.0. The van der Waals surface area contributed by atoms with Gasteiger partial charge in [0.25, 0.3) is 10.1 Å². The van der Waals surface area contributed by atoms with Crippen LogP contribution < -0.4 is 0 Å². The number of carboxylic acid groups (broad SMARTS) is 2. The Balaban J connectivity index is 0. The van der Waals surface area contributed by atoms with Gasteiger partial charge in [-0.05, 0) is 24.7 Å². The maximum absolute atomic E-state index is 12.4. The summed E-state index contributed by atoms with van der Waals surface area (Å²) in [7, 11) is -5.15. The molecule has 0 rings (SSSR count). The molecule has 0 aliphatic heterocycles. The predicted molar refractivity (Wildman–Crippen MR) is 116 cm³/mol. The van der Waals surface area contributed by atoms with Gasteiger partial charge in [0.1, 0.15) is 0 Å². The first-order valence-corrected chi connectivity index (χ1v) is 11.9. The van der Waals surface area contributed by atoms with E-state index in [1.165, 1.54) is 0 Å². The number of carbonyl (C=O) groups is 2. The first kappa shape index (κ1) is 31.7. The SMILES string of the molecule is CCCCC(CC)CC(C(=O)O)C(CC(CC)CCCC)(C(=O)O)S(=O)(=O)O.[KH]. The molecule has 0 radical (unpaired) electrons. The maximum atomic E-state index is 12.4. The molecule has 7 nitrogen and oxygen atoms in total. The van der Waals surface area contributed by atoms with Crippen LogP contribution in [0.25, 0.3) is 0 Å². The summed E-state index contributed by atoms with van der Waals surface area (Å²) >= 11 is 0. The molecule has 168 valence electrons. The van der Waals surface area contributed by atoms with Crippen molar-refractivity contribution in [3.63, 3.8) is 0 Å². The van der Waals surface area contributed by atoms with E-state index in [2.05, 4.69) is 0 Å². The molecule has 0 bridgehead atoms. The van der Waals surface area contributed by atoms with E-state index in [1.54, 1.807) is 0 Å². The van der Waals surface area contributed by atoms with E-state index < -0.39 is 39.1 Å². The van der Waals surface area contributed by atoms with Gasteiger partial charge in [0, 0.05) is 0 Å². The van der Waals surface area contributed by atoms with Crippen molar-refractivity contribution in [3.05, 3.63) is 0 Å². The van der Waals surface area contributed by atoms with Crippen molar-refractivity contribution in [3.8, 4) is 0 Å². The van der Waals surface area contributed by atoms with Gasteiger partial charge < -0.3 is 10.2 Å². The minimum absolute atomic E-state index is 0. The number of carboxylic acids is 2. The Morgan fingerprint density at radius 1 is 0.897 bits per heavy atom. The summed E-state index contributed by atoms with van der Waals surface area (Å²) in [6.07, 6.45) is 5.37. The summed E-state index contributed by atoms with van der Waals surface area (Å²) in [6.45, 7) is 7.67. The van der Waals surface area contributed by atoms with Gasteiger partial charge in [-0.2, -0.15) is 8.42 Å². The fourth-order valence-electron chi connectivity index (χ4n) is 3.95. The number of unbranched alkanes of at least 4 members (excludes halogenated alkanes) is 2. The van der Waals surface area contributed by atoms with Crippen molar-refractivity contribution < 1.29 is 32.8 Å². The van der Waals surface area contributed by atoms with Gasteiger partial charge in [0.05, 0.1) is 5.92 Å². The molecule has 0 amide bonds. The fourth-order valence-corrected chi connectivity index (χ4v) is 5.18. The van der Waals surface area contributed by atoms with Gasteiger partial charge in [-0.25, -0.2) is 0 Å². The summed E-state index contributed by atoms with van der Waals surface area (Å²) < 4.78 is 32.0. The normalized spacial score (nSPS) is 16.9. The summed E-state index contributed by atoms with van der Waals surface area (Å²) in [4.78, 5) is 24.3. The third-order valence-electron chi connectivity index (χ3n) is 5.93. The average molecular weight is 463 g/mol. The zero-order chi connectivity index (χ0) is 22.0. The van der Waals surface area contributed by atoms with Gasteiger partial charge in [0.2, 0.25) is 4.75 Å². The zero-order valence-corrected chi connectivity index (χ0v) is 18.5. The molecule has 0 aromatic rings. The number of rotatable bonds is 16. The van der Waals surface area contributed by atoms with E-state index in [1.807, 2.05) is 27.7 Å². The summed E-state index contributed by atoms with van der Waals surface area (Å²) in [5.74, 6) is -5.37. The van der Waals surface area contributed by atoms with Crippen LogP contribution in [0.4, 0.5) is 0 Å². The first-order valence-electron chi connectivity index (χ1n) is 10.4. The molecule has 0 spiro atoms. The van der Waals surface area contributed by atoms with Gasteiger partial charge in [-0.1, -0.05) is 79.1 Å². The van der Waals surface area contributed by atoms with Crippen LogP contribution in [-0.2, 0) is 19.7 Å². The van der Waals surface area contributed by atoms with E-state index in [0.717, 1.165) is 25.7 Å². The van der Waals surface area contributed by atoms with Crippen LogP contribution in [0, 0.1) is 17.8 Å². The van der Waals surface area contributed by atoms with Gasteiger partial charge in [0.15, 0.2) is 0 Å². The van der Waals surface area contributed by atoms with Crippen molar-refractivity contribution in [1.82, 2.24) is 0 Å². The van der Waals surface area contributed by atoms with Crippen LogP contribution in [0.5, 0.6) is 0 Å². The van der Waals surface area contributed by atoms with Gasteiger partial charge in [-0.3, -0.25) is 14.1 Å². The molecule has 0 aliphatic carbocycles. The van der Waals surface area contributed by atoms with Crippen LogP contribution >= 0.6 is 0 Å². The topological polar surface area (TPSA) is 129 Å². The molecule has 4 atom stereocenters. The van der Waals surface area contributed by atoms with E-state index in [4.69, 9.17) is 0 Å². The van der Waals surface area contributed by atoms with E-state index in [0.29, 0.717) is 25.7 Å². The van der Waals surface area contributed by atoms with Crippen molar-refractivity contribution in [2.45, 2.75) is 96.7 Å². The van der Waals surface area contributed by atoms with Gasteiger partial charge >= 0.3 is 63.3 Å². The Morgan fingerprint density at radius 2 is 1.34 bits per heavy atom. The van der Waals surface area contributed by atoms with Crippen LogP contribution in [0.15, 0.2) is 0 Å². The molecular formula is C20H39KO7S. The Bertz CT molecular complexity index is 594. The van der Waals surface area contributed by atoms with Crippen molar-refractivity contribution in [1.29, 1.82) is 0 Å². The molecular weight excluding hydrogens is 423 g/mol. The number of hydrogen-bond acceptors (Lipinski definition) is 4.